The van der Waals surface area contributed by atoms with Gasteiger partial charge < -0.3 is 14.4 Å². The van der Waals surface area contributed by atoms with Crippen molar-refractivity contribution in [2.75, 3.05) is 13.1 Å². The third-order valence-electron chi connectivity index (χ3n) is 3.27. The Balaban J connectivity index is 2.11. The van der Waals surface area contributed by atoms with Crippen molar-refractivity contribution in [2.24, 2.45) is 5.92 Å². The van der Waals surface area contributed by atoms with Gasteiger partial charge in [-0.25, -0.2) is 4.98 Å². The van der Waals surface area contributed by atoms with Gasteiger partial charge in [0.05, 0.1) is 11.6 Å². The van der Waals surface area contributed by atoms with E-state index in [1.54, 1.807) is 13.8 Å². The molecule has 0 saturated carbocycles. The van der Waals surface area contributed by atoms with E-state index in [-0.39, 0.29) is 18.3 Å². The Labute approximate surface area is 105 Å². The Kier molecular flexibility index (Phi) is 3.36. The molecule has 0 aliphatic carbocycles. The highest BCUT2D eigenvalue weighted by Gasteiger charge is 2.30. The van der Waals surface area contributed by atoms with E-state index in [4.69, 9.17) is 9.52 Å². The van der Waals surface area contributed by atoms with Crippen LogP contribution in [0.15, 0.2) is 4.42 Å². The Morgan fingerprint density at radius 1 is 1.44 bits per heavy atom. The predicted octanol–water partition coefficient (Wildman–Crippen LogP) is 1.23. The minimum absolute atomic E-state index is 0.0519. The molecule has 1 N–H and O–H groups in total. The first-order valence-electron chi connectivity index (χ1n) is 5.95. The van der Waals surface area contributed by atoms with E-state index < -0.39 is 11.9 Å². The Morgan fingerprint density at radius 2 is 2.17 bits per heavy atom. The molecule has 1 aliphatic rings. The number of carbonyl (C=O) groups excluding carboxylic acids is 1. The maximum Gasteiger partial charge on any atom is 0.309 e. The first kappa shape index (κ1) is 12.6. The summed E-state index contributed by atoms with van der Waals surface area (Å²) in [7, 11) is 0. The number of hydrogen-bond donors (Lipinski definition) is 1. The molecular weight excluding hydrogens is 236 g/mol. The first-order valence-corrected chi connectivity index (χ1v) is 5.95. The van der Waals surface area contributed by atoms with Crippen LogP contribution in [-0.2, 0) is 4.79 Å². The summed E-state index contributed by atoms with van der Waals surface area (Å²) < 4.78 is 5.28. The highest BCUT2D eigenvalue weighted by atomic mass is 16.4. The number of carbonyl (C=O) groups is 2. The average Bonchev–Trinajstić information content (AvgIpc) is 2.69. The number of aliphatic carboxylic acids is 1. The monoisotopic (exact) mass is 252 g/mol. The number of rotatable bonds is 2. The van der Waals surface area contributed by atoms with Crippen LogP contribution in [0.5, 0.6) is 0 Å². The molecule has 6 heteroatoms. The summed E-state index contributed by atoms with van der Waals surface area (Å²) in [4.78, 5) is 28.6. The van der Waals surface area contributed by atoms with Gasteiger partial charge in [0.25, 0.3) is 5.89 Å². The summed E-state index contributed by atoms with van der Waals surface area (Å²) in [6, 6.07) is 0. The summed E-state index contributed by atoms with van der Waals surface area (Å²) in [5, 5.41) is 8.98. The number of piperidine rings is 1. The molecule has 1 aromatic rings. The fraction of sp³-hybridized carbons (Fsp3) is 0.583. The molecule has 1 amide bonds. The number of amides is 1. The highest BCUT2D eigenvalue weighted by molar-refractivity contribution is 5.90. The third kappa shape index (κ3) is 2.37. The maximum atomic E-state index is 12.1. The van der Waals surface area contributed by atoms with Gasteiger partial charge in [-0.2, -0.15) is 0 Å². The number of carboxylic acids is 1. The zero-order chi connectivity index (χ0) is 13.3. The Morgan fingerprint density at radius 3 is 2.72 bits per heavy atom. The summed E-state index contributed by atoms with van der Waals surface area (Å²) >= 11 is 0. The molecule has 0 radical (unpaired) electrons. The normalized spacial score (nSPS) is 19.9. The van der Waals surface area contributed by atoms with Crippen molar-refractivity contribution >= 4 is 11.9 Å². The van der Waals surface area contributed by atoms with Gasteiger partial charge in [0, 0.05) is 13.1 Å². The molecule has 1 fully saturated rings. The minimum atomic E-state index is -0.854. The van der Waals surface area contributed by atoms with E-state index in [0.29, 0.717) is 30.8 Å². The molecule has 0 spiro atoms. The van der Waals surface area contributed by atoms with Crippen LogP contribution in [0.1, 0.15) is 35.0 Å². The zero-order valence-corrected chi connectivity index (χ0v) is 10.5. The second-order valence-corrected chi connectivity index (χ2v) is 4.59. The Bertz CT molecular complexity index is 461. The molecule has 1 saturated heterocycles. The lowest BCUT2D eigenvalue weighted by Crippen LogP contribution is -2.42. The van der Waals surface area contributed by atoms with Gasteiger partial charge in [-0.15, -0.1) is 0 Å². The number of hydrogen-bond acceptors (Lipinski definition) is 4. The van der Waals surface area contributed by atoms with Crippen molar-refractivity contribution in [3.05, 3.63) is 17.3 Å². The molecule has 1 atom stereocenters. The molecular formula is C12H16N2O4. The summed E-state index contributed by atoms with van der Waals surface area (Å²) in [6.07, 6.45) is 1.31. The van der Waals surface area contributed by atoms with Gasteiger partial charge in [0.1, 0.15) is 5.76 Å². The van der Waals surface area contributed by atoms with Gasteiger partial charge in [-0.05, 0) is 26.7 Å². The van der Waals surface area contributed by atoms with Crippen molar-refractivity contribution in [3.63, 3.8) is 0 Å². The van der Waals surface area contributed by atoms with Crippen molar-refractivity contribution < 1.29 is 19.1 Å². The van der Waals surface area contributed by atoms with Crippen LogP contribution in [0, 0.1) is 19.8 Å². The third-order valence-corrected chi connectivity index (χ3v) is 3.27. The topological polar surface area (TPSA) is 83.6 Å². The molecule has 1 aliphatic heterocycles. The lowest BCUT2D eigenvalue weighted by atomic mass is 9.98. The van der Waals surface area contributed by atoms with Gasteiger partial charge in [-0.3, -0.25) is 9.59 Å². The van der Waals surface area contributed by atoms with E-state index in [1.807, 2.05) is 0 Å². The second kappa shape index (κ2) is 4.80. The van der Waals surface area contributed by atoms with Crippen LogP contribution in [0.3, 0.4) is 0 Å². The molecule has 2 heterocycles. The second-order valence-electron chi connectivity index (χ2n) is 4.59. The highest BCUT2D eigenvalue weighted by Crippen LogP contribution is 2.19. The lowest BCUT2D eigenvalue weighted by Gasteiger charge is -2.29. The summed E-state index contributed by atoms with van der Waals surface area (Å²) in [5.74, 6) is -0.995. The smallest absolute Gasteiger partial charge is 0.309 e. The number of oxazole rings is 1. The van der Waals surface area contributed by atoms with E-state index in [2.05, 4.69) is 4.98 Å². The van der Waals surface area contributed by atoms with Crippen molar-refractivity contribution in [1.29, 1.82) is 0 Å². The molecule has 0 aromatic carbocycles. The lowest BCUT2D eigenvalue weighted by molar-refractivity contribution is -0.143. The maximum absolute atomic E-state index is 12.1. The van der Waals surface area contributed by atoms with Crippen LogP contribution in [0.2, 0.25) is 0 Å². The fourth-order valence-electron chi connectivity index (χ4n) is 2.06. The number of aryl methyl sites for hydroxylation is 2. The molecule has 0 bridgehead atoms. The van der Waals surface area contributed by atoms with Gasteiger partial charge in [-0.1, -0.05) is 0 Å². The van der Waals surface area contributed by atoms with Crippen LogP contribution in [-0.4, -0.2) is 40.0 Å². The summed E-state index contributed by atoms with van der Waals surface area (Å²) in [5.41, 5.74) is 0.685. The van der Waals surface area contributed by atoms with E-state index in [0.717, 1.165) is 0 Å². The van der Waals surface area contributed by atoms with Crippen LogP contribution < -0.4 is 0 Å². The largest absolute Gasteiger partial charge is 0.481 e. The molecule has 2 rings (SSSR count). The van der Waals surface area contributed by atoms with Crippen molar-refractivity contribution in [3.8, 4) is 0 Å². The van der Waals surface area contributed by atoms with E-state index in [9.17, 15) is 9.59 Å². The van der Waals surface area contributed by atoms with Gasteiger partial charge in [0.2, 0.25) is 0 Å². The van der Waals surface area contributed by atoms with E-state index >= 15 is 0 Å². The molecule has 1 unspecified atom stereocenters. The average molecular weight is 252 g/mol. The zero-order valence-electron chi connectivity index (χ0n) is 10.5. The van der Waals surface area contributed by atoms with Crippen LogP contribution >= 0.6 is 0 Å². The number of carboxylic acid groups (broad SMARTS) is 1. The number of likely N-dealkylation sites (tertiary alicyclic amines) is 1. The summed E-state index contributed by atoms with van der Waals surface area (Å²) in [6.45, 7) is 4.30. The standard InChI is InChI=1S/C12H16N2O4/c1-7-8(2)18-10(13-7)11(15)14-5-3-4-9(6-14)12(16)17/h9H,3-6H2,1-2H3,(H,16,17). The first-order chi connectivity index (χ1) is 8.49. The van der Waals surface area contributed by atoms with Gasteiger partial charge in [0.15, 0.2) is 0 Å². The number of nitrogens with zero attached hydrogens (tertiary/aromatic N) is 2. The molecule has 18 heavy (non-hydrogen) atoms. The molecule has 98 valence electrons. The molecule has 6 nitrogen and oxygen atoms in total. The van der Waals surface area contributed by atoms with Crippen molar-refractivity contribution in [1.82, 2.24) is 9.88 Å². The van der Waals surface area contributed by atoms with Crippen LogP contribution in [0.4, 0.5) is 0 Å². The SMILES string of the molecule is Cc1nc(C(=O)N2CCCC(C(=O)O)C2)oc1C. The van der Waals surface area contributed by atoms with Crippen molar-refractivity contribution in [2.45, 2.75) is 26.7 Å². The minimum Gasteiger partial charge on any atom is -0.481 e. The molecule has 1 aromatic heterocycles. The number of aromatic nitrogens is 1. The van der Waals surface area contributed by atoms with E-state index in [1.165, 1.54) is 4.90 Å². The van der Waals surface area contributed by atoms with Gasteiger partial charge >= 0.3 is 11.9 Å². The Hall–Kier alpha value is -1.85. The quantitative estimate of drug-likeness (QED) is 0.855. The predicted molar refractivity (Wildman–Crippen MR) is 62.2 cm³/mol. The fourth-order valence-corrected chi connectivity index (χ4v) is 2.06. The van der Waals surface area contributed by atoms with Crippen LogP contribution in [0.25, 0.3) is 0 Å².